The number of hydrogen-bond acceptors (Lipinski definition) is 6. The Morgan fingerprint density at radius 3 is 2.56 bits per heavy atom. The summed E-state index contributed by atoms with van der Waals surface area (Å²) >= 11 is 5.76. The highest BCUT2D eigenvalue weighted by Gasteiger charge is 2.11. The monoisotopic (exact) mass is 246 g/mol. The molecule has 0 radical (unpaired) electrons. The van der Waals surface area contributed by atoms with Gasteiger partial charge < -0.3 is 14.4 Å². The summed E-state index contributed by atoms with van der Waals surface area (Å²) in [7, 11) is 3.13. The topological polar surface area (TPSA) is 60.4 Å². The molecule has 0 saturated heterocycles. The molecule has 0 aliphatic heterocycles. The average molecular weight is 247 g/mol. The number of aromatic nitrogens is 3. The fraction of sp³-hybridized carbons (Fsp3) is 0.667. The summed E-state index contributed by atoms with van der Waals surface area (Å²) in [4.78, 5) is 13.9. The van der Waals surface area contributed by atoms with Crippen molar-refractivity contribution in [3.8, 4) is 6.01 Å². The Bertz CT molecular complexity index is 337. The molecule has 1 rings (SSSR count). The molecule has 16 heavy (non-hydrogen) atoms. The highest BCUT2D eigenvalue weighted by Crippen LogP contribution is 2.14. The van der Waals surface area contributed by atoms with Crippen LogP contribution in [0.3, 0.4) is 0 Å². The first-order valence-corrected chi connectivity index (χ1v) is 5.28. The van der Waals surface area contributed by atoms with Gasteiger partial charge in [0.15, 0.2) is 0 Å². The summed E-state index contributed by atoms with van der Waals surface area (Å²) in [6.07, 6.45) is 0. The maximum absolute atomic E-state index is 5.76. The van der Waals surface area contributed by atoms with Crippen LogP contribution in [0.15, 0.2) is 0 Å². The van der Waals surface area contributed by atoms with Crippen LogP contribution in [-0.2, 0) is 4.74 Å². The summed E-state index contributed by atoms with van der Waals surface area (Å²) < 4.78 is 9.94. The van der Waals surface area contributed by atoms with Crippen molar-refractivity contribution in [1.29, 1.82) is 0 Å². The van der Waals surface area contributed by atoms with Gasteiger partial charge in [-0.2, -0.15) is 15.0 Å². The van der Waals surface area contributed by atoms with Gasteiger partial charge in [0, 0.05) is 20.2 Å². The van der Waals surface area contributed by atoms with Crippen LogP contribution in [0.4, 0.5) is 5.95 Å². The Labute approximate surface area is 99.6 Å². The molecule has 0 aliphatic rings. The number of halogens is 1. The van der Waals surface area contributed by atoms with E-state index >= 15 is 0 Å². The van der Waals surface area contributed by atoms with Crippen LogP contribution in [-0.4, -0.2) is 48.9 Å². The van der Waals surface area contributed by atoms with E-state index in [0.29, 0.717) is 19.1 Å². The van der Waals surface area contributed by atoms with Crippen LogP contribution in [0.1, 0.15) is 6.92 Å². The summed E-state index contributed by atoms with van der Waals surface area (Å²) in [5.74, 6) is 0.497. The fourth-order valence-corrected chi connectivity index (χ4v) is 1.30. The number of nitrogens with zero attached hydrogens (tertiary/aromatic N) is 4. The van der Waals surface area contributed by atoms with Gasteiger partial charge in [-0.25, -0.2) is 0 Å². The Morgan fingerprint density at radius 1 is 1.25 bits per heavy atom. The van der Waals surface area contributed by atoms with E-state index in [-0.39, 0.29) is 11.3 Å². The summed E-state index contributed by atoms with van der Waals surface area (Å²) in [5, 5.41) is 0.123. The van der Waals surface area contributed by atoms with Crippen molar-refractivity contribution >= 4 is 17.5 Å². The third-order valence-corrected chi connectivity index (χ3v) is 2.16. The predicted molar refractivity (Wildman–Crippen MR) is 61.2 cm³/mol. The largest absolute Gasteiger partial charge is 0.467 e. The Kier molecular flexibility index (Phi) is 5.21. The van der Waals surface area contributed by atoms with Crippen LogP contribution in [0.25, 0.3) is 0 Å². The Hall–Kier alpha value is -1.14. The molecule has 0 saturated carbocycles. The molecule has 1 aromatic heterocycles. The lowest BCUT2D eigenvalue weighted by atomic mass is 10.5. The number of rotatable bonds is 6. The van der Waals surface area contributed by atoms with Gasteiger partial charge in [-0.15, -0.1) is 0 Å². The second-order valence-electron chi connectivity index (χ2n) is 2.96. The lowest BCUT2D eigenvalue weighted by Gasteiger charge is -2.20. The second-order valence-corrected chi connectivity index (χ2v) is 3.30. The molecule has 7 heteroatoms. The van der Waals surface area contributed by atoms with E-state index in [1.54, 1.807) is 7.11 Å². The van der Waals surface area contributed by atoms with Crippen LogP contribution < -0.4 is 9.64 Å². The zero-order valence-electron chi connectivity index (χ0n) is 9.60. The van der Waals surface area contributed by atoms with Crippen molar-refractivity contribution in [2.24, 2.45) is 0 Å². The molecular weight excluding hydrogens is 232 g/mol. The molecule has 0 bridgehead atoms. The van der Waals surface area contributed by atoms with Gasteiger partial charge in [-0.3, -0.25) is 0 Å². The maximum atomic E-state index is 5.76. The molecular formula is C9H15ClN4O2. The van der Waals surface area contributed by atoms with Crippen molar-refractivity contribution in [3.63, 3.8) is 0 Å². The molecule has 0 atom stereocenters. The normalized spacial score (nSPS) is 10.2. The molecule has 0 amide bonds. The van der Waals surface area contributed by atoms with Gasteiger partial charge in [0.05, 0.1) is 13.7 Å². The van der Waals surface area contributed by atoms with Gasteiger partial charge in [0.1, 0.15) is 0 Å². The van der Waals surface area contributed by atoms with Gasteiger partial charge >= 0.3 is 6.01 Å². The van der Waals surface area contributed by atoms with Gasteiger partial charge in [-0.1, -0.05) is 0 Å². The minimum Gasteiger partial charge on any atom is -0.467 e. The van der Waals surface area contributed by atoms with Gasteiger partial charge in [0.2, 0.25) is 11.2 Å². The van der Waals surface area contributed by atoms with E-state index < -0.39 is 0 Å². The number of hydrogen-bond donors (Lipinski definition) is 0. The number of methoxy groups -OCH3 is 2. The van der Waals surface area contributed by atoms with E-state index in [9.17, 15) is 0 Å². The van der Waals surface area contributed by atoms with E-state index in [0.717, 1.165) is 6.54 Å². The first-order chi connectivity index (χ1) is 7.71. The molecule has 1 aromatic rings. The minimum atomic E-state index is 0.123. The lowest BCUT2D eigenvalue weighted by Crippen LogP contribution is -2.28. The number of ether oxygens (including phenoxy) is 2. The molecule has 6 nitrogen and oxygen atoms in total. The third-order valence-electron chi connectivity index (χ3n) is 1.99. The van der Waals surface area contributed by atoms with Crippen molar-refractivity contribution in [2.45, 2.75) is 6.92 Å². The smallest absolute Gasteiger partial charge is 0.322 e. The number of likely N-dealkylation sites (N-methyl/N-ethyl adjacent to an activating group) is 1. The van der Waals surface area contributed by atoms with Crippen LogP contribution in [0.2, 0.25) is 5.28 Å². The first-order valence-electron chi connectivity index (χ1n) is 4.90. The van der Waals surface area contributed by atoms with Crippen molar-refractivity contribution < 1.29 is 9.47 Å². The van der Waals surface area contributed by atoms with Crippen molar-refractivity contribution in [1.82, 2.24) is 15.0 Å². The Morgan fingerprint density at radius 2 is 2.00 bits per heavy atom. The van der Waals surface area contributed by atoms with E-state index in [1.807, 2.05) is 11.8 Å². The molecule has 0 spiro atoms. The summed E-state index contributed by atoms with van der Waals surface area (Å²) in [6, 6.07) is 0.214. The molecule has 0 N–H and O–H groups in total. The quantitative estimate of drug-likeness (QED) is 0.747. The predicted octanol–water partition coefficient (Wildman–Crippen LogP) is 1.01. The SMILES string of the molecule is CCN(CCOC)c1nc(Cl)nc(OC)n1. The molecule has 0 aliphatic carbocycles. The summed E-state index contributed by atoms with van der Waals surface area (Å²) in [6.45, 7) is 4.04. The highest BCUT2D eigenvalue weighted by molar-refractivity contribution is 6.28. The maximum Gasteiger partial charge on any atom is 0.322 e. The standard InChI is InChI=1S/C9H15ClN4O2/c1-4-14(5-6-15-2)8-11-7(10)12-9(13-8)16-3/h4-6H2,1-3H3. The molecule has 0 fully saturated rings. The lowest BCUT2D eigenvalue weighted by molar-refractivity contribution is 0.205. The molecule has 0 unspecified atom stereocenters. The molecule has 1 heterocycles. The third kappa shape index (κ3) is 3.46. The van der Waals surface area contributed by atoms with Crippen LogP contribution >= 0.6 is 11.6 Å². The first kappa shape index (κ1) is 12.9. The Balaban J connectivity index is 2.86. The second kappa shape index (κ2) is 6.44. The average Bonchev–Trinajstić information content (AvgIpc) is 2.29. The summed E-state index contributed by atoms with van der Waals surface area (Å²) in [5.41, 5.74) is 0. The highest BCUT2D eigenvalue weighted by atomic mass is 35.5. The van der Waals surface area contributed by atoms with E-state index in [4.69, 9.17) is 21.1 Å². The van der Waals surface area contributed by atoms with Crippen LogP contribution in [0, 0.1) is 0 Å². The zero-order chi connectivity index (χ0) is 12.0. The molecule has 0 aromatic carbocycles. The van der Waals surface area contributed by atoms with E-state index in [1.165, 1.54) is 7.11 Å². The minimum absolute atomic E-state index is 0.123. The molecule has 90 valence electrons. The van der Waals surface area contributed by atoms with Gasteiger partial charge in [-0.05, 0) is 18.5 Å². The van der Waals surface area contributed by atoms with E-state index in [2.05, 4.69) is 15.0 Å². The zero-order valence-corrected chi connectivity index (χ0v) is 10.4. The van der Waals surface area contributed by atoms with Crippen molar-refractivity contribution in [3.05, 3.63) is 5.28 Å². The van der Waals surface area contributed by atoms with Crippen LogP contribution in [0.5, 0.6) is 6.01 Å². The van der Waals surface area contributed by atoms with Gasteiger partial charge in [0.25, 0.3) is 0 Å². The number of anilines is 1. The fourth-order valence-electron chi connectivity index (χ4n) is 1.16. The van der Waals surface area contributed by atoms with Crippen molar-refractivity contribution in [2.75, 3.05) is 38.8 Å².